The van der Waals surface area contributed by atoms with Crippen LogP contribution in [0.3, 0.4) is 0 Å². The van der Waals surface area contributed by atoms with Gasteiger partial charge in [0.25, 0.3) is 0 Å². The minimum absolute atomic E-state index is 0.146. The number of aromatic nitrogens is 1. The molecule has 104 valence electrons. The number of carbonyl (C=O) groups is 1. The molecule has 0 bridgehead atoms. The molecular weight excluding hydrogens is 296 g/mol. The zero-order valence-electron chi connectivity index (χ0n) is 9.60. The fourth-order valence-corrected chi connectivity index (χ4v) is 4.02. The minimum Gasteiger partial charge on any atom is -0.480 e. The Labute approximate surface area is 114 Å². The van der Waals surface area contributed by atoms with E-state index in [1.54, 1.807) is 0 Å². The van der Waals surface area contributed by atoms with Crippen molar-refractivity contribution in [2.75, 3.05) is 6.54 Å². The molecule has 2 atom stereocenters. The summed E-state index contributed by atoms with van der Waals surface area (Å²) in [7, 11) is -4.10. The van der Waals surface area contributed by atoms with E-state index in [0.29, 0.717) is 0 Å². The molecule has 7 nitrogen and oxygen atoms in total. The summed E-state index contributed by atoms with van der Waals surface area (Å²) in [5, 5.41) is 18.3. The summed E-state index contributed by atoms with van der Waals surface area (Å²) >= 11 is 5.72. The lowest BCUT2D eigenvalue weighted by Crippen LogP contribution is -2.40. The average Bonchev–Trinajstić information content (AvgIpc) is 2.72. The summed E-state index contributed by atoms with van der Waals surface area (Å²) in [6, 6.07) is 1.34. The molecule has 0 aromatic carbocycles. The molecule has 1 saturated heterocycles. The molecule has 9 heteroatoms. The molecule has 1 aliphatic heterocycles. The van der Waals surface area contributed by atoms with E-state index in [4.69, 9.17) is 16.7 Å². The van der Waals surface area contributed by atoms with E-state index >= 15 is 0 Å². The molecule has 1 aromatic rings. The van der Waals surface area contributed by atoms with Gasteiger partial charge >= 0.3 is 5.97 Å². The zero-order valence-corrected chi connectivity index (χ0v) is 11.2. The molecule has 1 aromatic heterocycles. The Morgan fingerprint density at radius 1 is 1.53 bits per heavy atom. The number of aliphatic carboxylic acids is 1. The number of rotatable bonds is 3. The van der Waals surface area contributed by atoms with Gasteiger partial charge in [0.15, 0.2) is 0 Å². The summed E-state index contributed by atoms with van der Waals surface area (Å²) in [4.78, 5) is 14.4. The Balaban J connectivity index is 2.45. The van der Waals surface area contributed by atoms with Crippen LogP contribution in [0.15, 0.2) is 23.2 Å². The van der Waals surface area contributed by atoms with E-state index in [1.807, 2.05) is 0 Å². The molecule has 0 spiro atoms. The number of aliphatic hydroxyl groups excluding tert-OH is 1. The molecule has 1 fully saturated rings. The van der Waals surface area contributed by atoms with E-state index in [1.165, 1.54) is 18.3 Å². The van der Waals surface area contributed by atoms with Crippen molar-refractivity contribution in [3.63, 3.8) is 0 Å². The summed E-state index contributed by atoms with van der Waals surface area (Å²) < 4.78 is 25.4. The molecule has 0 amide bonds. The quantitative estimate of drug-likeness (QED) is 0.758. The van der Waals surface area contributed by atoms with Gasteiger partial charge in [0.1, 0.15) is 16.1 Å². The summed E-state index contributed by atoms with van der Waals surface area (Å²) in [5.74, 6) is -1.31. The fraction of sp³-hybridized carbons (Fsp3) is 0.400. The Bertz CT molecular complexity index is 606. The summed E-state index contributed by atoms with van der Waals surface area (Å²) in [5.41, 5.74) is 0. The number of pyridine rings is 1. The van der Waals surface area contributed by atoms with Crippen LogP contribution in [0.25, 0.3) is 0 Å². The molecule has 2 unspecified atom stereocenters. The molecule has 2 N–H and O–H groups in total. The number of hydrogen-bond acceptors (Lipinski definition) is 5. The van der Waals surface area contributed by atoms with Gasteiger partial charge in [0.05, 0.1) is 6.10 Å². The third-order valence-electron chi connectivity index (χ3n) is 2.83. The van der Waals surface area contributed by atoms with E-state index in [9.17, 15) is 18.3 Å². The first-order valence-electron chi connectivity index (χ1n) is 5.37. The highest BCUT2D eigenvalue weighted by Crippen LogP contribution is 2.29. The van der Waals surface area contributed by atoms with E-state index in [2.05, 4.69) is 4.98 Å². The lowest BCUT2D eigenvalue weighted by Gasteiger charge is -2.20. The monoisotopic (exact) mass is 306 g/mol. The fourth-order valence-electron chi connectivity index (χ4n) is 1.96. The highest BCUT2D eigenvalue weighted by molar-refractivity contribution is 7.89. The van der Waals surface area contributed by atoms with Gasteiger partial charge in [-0.2, -0.15) is 4.31 Å². The highest BCUT2D eigenvalue weighted by atomic mass is 35.5. The van der Waals surface area contributed by atoms with Crippen LogP contribution >= 0.6 is 11.6 Å². The first-order chi connectivity index (χ1) is 8.84. The second-order valence-corrected chi connectivity index (χ2v) is 6.33. The number of β-amino-alcohol motifs (C(OH)–C–C–N with tert-alkyl or cyclic N) is 1. The number of halogens is 1. The minimum atomic E-state index is -4.10. The van der Waals surface area contributed by atoms with Crippen molar-refractivity contribution < 1.29 is 23.4 Å². The number of nitrogens with zero attached hydrogens (tertiary/aromatic N) is 2. The van der Waals surface area contributed by atoms with E-state index in [0.717, 1.165) is 4.31 Å². The van der Waals surface area contributed by atoms with Crippen molar-refractivity contribution in [1.29, 1.82) is 0 Å². The number of hydrogen-bond donors (Lipinski definition) is 2. The Morgan fingerprint density at radius 3 is 2.79 bits per heavy atom. The van der Waals surface area contributed by atoms with Gasteiger partial charge in [0, 0.05) is 19.2 Å². The highest BCUT2D eigenvalue weighted by Gasteiger charge is 2.44. The van der Waals surface area contributed by atoms with Gasteiger partial charge < -0.3 is 10.2 Å². The zero-order chi connectivity index (χ0) is 14.2. The Morgan fingerprint density at radius 2 is 2.21 bits per heavy atom. The van der Waals surface area contributed by atoms with Gasteiger partial charge in [-0.05, 0) is 12.1 Å². The maximum absolute atomic E-state index is 12.3. The number of aliphatic hydroxyl groups is 1. The standard InChI is InChI=1S/C10H11ClN2O5S/c11-9-8(2-1-3-12-9)19(17,18)13-5-6(14)4-7(13)10(15)16/h1-3,6-7,14H,4-5H2,(H,15,16). The van der Waals surface area contributed by atoms with Gasteiger partial charge in [-0.25, -0.2) is 13.4 Å². The predicted octanol–water partition coefficient (Wildman–Crippen LogP) is -0.0565. The molecule has 2 heterocycles. The Hall–Kier alpha value is -1.22. The van der Waals surface area contributed by atoms with Crippen molar-refractivity contribution in [3.05, 3.63) is 23.5 Å². The normalized spacial score (nSPS) is 24.5. The third kappa shape index (κ3) is 2.57. The van der Waals surface area contributed by atoms with Gasteiger partial charge in [-0.1, -0.05) is 11.6 Å². The topological polar surface area (TPSA) is 108 Å². The second kappa shape index (κ2) is 5.04. The molecule has 0 radical (unpaired) electrons. The maximum atomic E-state index is 12.3. The number of sulfonamides is 1. The van der Waals surface area contributed by atoms with Crippen LogP contribution in [0.1, 0.15) is 6.42 Å². The van der Waals surface area contributed by atoms with Gasteiger partial charge in [-0.3, -0.25) is 4.79 Å². The second-order valence-electron chi connectivity index (χ2n) is 4.11. The SMILES string of the molecule is O=C(O)C1CC(O)CN1S(=O)(=O)c1cccnc1Cl. The van der Waals surface area contributed by atoms with Crippen LogP contribution in [0, 0.1) is 0 Å². The van der Waals surface area contributed by atoms with Crippen LogP contribution < -0.4 is 0 Å². The van der Waals surface area contributed by atoms with E-state index < -0.39 is 28.1 Å². The molecule has 19 heavy (non-hydrogen) atoms. The van der Waals surface area contributed by atoms with E-state index in [-0.39, 0.29) is 23.0 Å². The molecule has 2 rings (SSSR count). The van der Waals surface area contributed by atoms with Crippen LogP contribution in [-0.4, -0.2) is 52.6 Å². The first-order valence-corrected chi connectivity index (χ1v) is 7.19. The van der Waals surface area contributed by atoms with Crippen molar-refractivity contribution in [2.24, 2.45) is 0 Å². The van der Waals surface area contributed by atoms with Crippen LogP contribution in [0.4, 0.5) is 0 Å². The smallest absolute Gasteiger partial charge is 0.322 e. The van der Waals surface area contributed by atoms with Crippen molar-refractivity contribution in [1.82, 2.24) is 9.29 Å². The largest absolute Gasteiger partial charge is 0.480 e. The molecular formula is C10H11ClN2O5S. The van der Waals surface area contributed by atoms with Gasteiger partial charge in [0.2, 0.25) is 10.0 Å². The average molecular weight is 307 g/mol. The third-order valence-corrected chi connectivity index (χ3v) is 5.15. The lowest BCUT2D eigenvalue weighted by molar-refractivity contribution is -0.140. The molecule has 1 aliphatic rings. The van der Waals surface area contributed by atoms with Gasteiger partial charge in [-0.15, -0.1) is 0 Å². The summed E-state index contributed by atoms with van der Waals surface area (Å²) in [6.45, 7) is -0.273. The van der Waals surface area contributed by atoms with Crippen molar-refractivity contribution in [3.8, 4) is 0 Å². The predicted molar refractivity (Wildman–Crippen MR) is 65.2 cm³/mol. The molecule has 0 saturated carbocycles. The van der Waals surface area contributed by atoms with Crippen LogP contribution in [0.5, 0.6) is 0 Å². The number of carboxylic acid groups (broad SMARTS) is 1. The van der Waals surface area contributed by atoms with Crippen LogP contribution in [-0.2, 0) is 14.8 Å². The Kier molecular flexibility index (Phi) is 3.77. The summed E-state index contributed by atoms with van der Waals surface area (Å²) in [6.07, 6.45) is 0.174. The first kappa shape index (κ1) is 14.2. The molecule has 0 aliphatic carbocycles. The van der Waals surface area contributed by atoms with Crippen molar-refractivity contribution >= 4 is 27.6 Å². The maximum Gasteiger partial charge on any atom is 0.322 e. The number of carboxylic acids is 1. The lowest BCUT2D eigenvalue weighted by atomic mass is 10.2. The van der Waals surface area contributed by atoms with Crippen molar-refractivity contribution in [2.45, 2.75) is 23.5 Å². The van der Waals surface area contributed by atoms with Crippen LogP contribution in [0.2, 0.25) is 5.15 Å².